The number of rotatable bonds is 6. The van der Waals surface area contributed by atoms with Crippen LogP contribution >= 0.6 is 0 Å². The summed E-state index contributed by atoms with van der Waals surface area (Å²) < 4.78 is 0. The van der Waals surface area contributed by atoms with E-state index in [0.29, 0.717) is 12.1 Å². The Labute approximate surface area is 161 Å². The number of aryl methyl sites for hydroxylation is 2. The van der Waals surface area contributed by atoms with Gasteiger partial charge in [0.05, 0.1) is 0 Å². The van der Waals surface area contributed by atoms with Crippen LogP contribution in [-0.2, 0) is 4.79 Å². The molecular formula is C23H28N2O2. The van der Waals surface area contributed by atoms with Gasteiger partial charge in [0.25, 0.3) is 0 Å². The maximum atomic E-state index is 12.6. The van der Waals surface area contributed by atoms with Gasteiger partial charge in [-0.1, -0.05) is 36.4 Å². The predicted molar refractivity (Wildman–Crippen MR) is 109 cm³/mol. The number of anilines is 1. The number of benzene rings is 2. The molecule has 0 aliphatic carbocycles. The monoisotopic (exact) mass is 364 g/mol. The molecule has 27 heavy (non-hydrogen) atoms. The molecule has 4 heteroatoms. The number of hydrogen-bond donors (Lipinski definition) is 1. The number of carbonyl (C=O) groups excluding carboxylic acids is 2. The second-order valence-electron chi connectivity index (χ2n) is 7.41. The maximum absolute atomic E-state index is 12.6. The van der Waals surface area contributed by atoms with E-state index in [0.717, 1.165) is 25.1 Å². The number of Topliss-reactive ketones (excluding diaryl/α,β-unsaturated/α-hetero) is 1. The van der Waals surface area contributed by atoms with Gasteiger partial charge < -0.3 is 10.2 Å². The van der Waals surface area contributed by atoms with Gasteiger partial charge in [-0.15, -0.1) is 0 Å². The Bertz CT molecular complexity index is 801. The Hall–Kier alpha value is -2.62. The number of piperidine rings is 1. The van der Waals surface area contributed by atoms with E-state index in [4.69, 9.17) is 0 Å². The van der Waals surface area contributed by atoms with Gasteiger partial charge in [-0.3, -0.25) is 9.59 Å². The Morgan fingerprint density at radius 3 is 2.56 bits per heavy atom. The van der Waals surface area contributed by atoms with Crippen molar-refractivity contribution in [3.05, 3.63) is 65.2 Å². The zero-order valence-electron chi connectivity index (χ0n) is 16.2. The van der Waals surface area contributed by atoms with Crippen molar-refractivity contribution in [2.75, 3.05) is 18.4 Å². The molecule has 0 aromatic heterocycles. The molecule has 0 radical (unpaired) electrons. The third-order valence-corrected chi connectivity index (χ3v) is 5.31. The minimum Gasteiger partial charge on any atom is -0.381 e. The number of nitrogens with zero attached hydrogens (tertiary/aromatic N) is 1. The molecule has 1 aliphatic heterocycles. The van der Waals surface area contributed by atoms with Crippen LogP contribution in [-0.4, -0.2) is 35.7 Å². The topological polar surface area (TPSA) is 49.4 Å². The quantitative estimate of drug-likeness (QED) is 0.775. The normalized spacial score (nSPS) is 16.8. The molecular weight excluding hydrogens is 336 g/mol. The van der Waals surface area contributed by atoms with Crippen molar-refractivity contribution in [1.82, 2.24) is 4.90 Å². The first-order valence-corrected chi connectivity index (χ1v) is 9.73. The number of ketones is 1. The molecule has 2 aromatic carbocycles. The summed E-state index contributed by atoms with van der Waals surface area (Å²) in [4.78, 5) is 26.7. The van der Waals surface area contributed by atoms with Gasteiger partial charge in [0.2, 0.25) is 5.91 Å². The van der Waals surface area contributed by atoms with Gasteiger partial charge in [0.1, 0.15) is 0 Å². The fourth-order valence-corrected chi connectivity index (χ4v) is 3.54. The first kappa shape index (κ1) is 19.2. The van der Waals surface area contributed by atoms with Gasteiger partial charge in [-0.05, 0) is 49.9 Å². The van der Waals surface area contributed by atoms with Crippen LogP contribution < -0.4 is 5.32 Å². The summed E-state index contributed by atoms with van der Waals surface area (Å²) in [5.74, 6) is 0.108. The molecule has 0 spiro atoms. The average Bonchev–Trinajstić information content (AvgIpc) is 2.69. The summed E-state index contributed by atoms with van der Waals surface area (Å²) in [6.07, 6.45) is 2.60. The molecule has 1 amide bonds. The predicted octanol–water partition coefficient (Wildman–Crippen LogP) is 4.37. The first-order valence-electron chi connectivity index (χ1n) is 9.73. The average molecular weight is 364 g/mol. The van der Waals surface area contributed by atoms with Gasteiger partial charge in [-0.2, -0.15) is 0 Å². The molecule has 4 nitrogen and oxygen atoms in total. The first-order chi connectivity index (χ1) is 13.0. The van der Waals surface area contributed by atoms with Crippen LogP contribution in [0, 0.1) is 13.8 Å². The lowest BCUT2D eigenvalue weighted by molar-refractivity contribution is -0.132. The molecule has 0 bridgehead atoms. The molecule has 1 saturated heterocycles. The summed E-state index contributed by atoms with van der Waals surface area (Å²) >= 11 is 0. The second-order valence-corrected chi connectivity index (χ2v) is 7.41. The molecule has 2 aromatic rings. The van der Waals surface area contributed by atoms with E-state index < -0.39 is 0 Å². The fraction of sp³-hybridized carbons (Fsp3) is 0.391. The number of carbonyl (C=O) groups is 2. The van der Waals surface area contributed by atoms with Crippen molar-refractivity contribution in [3.8, 4) is 0 Å². The lowest BCUT2D eigenvalue weighted by Gasteiger charge is -2.34. The molecule has 0 saturated carbocycles. The van der Waals surface area contributed by atoms with Crippen LogP contribution in [0.1, 0.15) is 47.2 Å². The highest BCUT2D eigenvalue weighted by molar-refractivity contribution is 5.97. The molecule has 0 unspecified atom stereocenters. The van der Waals surface area contributed by atoms with E-state index in [2.05, 4.69) is 37.4 Å². The minimum absolute atomic E-state index is 0.0331. The molecule has 1 fully saturated rings. The SMILES string of the molecule is Cc1ccc(N[C@H]2CCCN(C(=O)CCC(=O)c3ccccc3)C2)cc1C. The smallest absolute Gasteiger partial charge is 0.223 e. The lowest BCUT2D eigenvalue weighted by atomic mass is 10.0. The summed E-state index contributed by atoms with van der Waals surface area (Å²) in [6, 6.07) is 15.8. The molecule has 1 atom stereocenters. The van der Waals surface area contributed by atoms with Crippen molar-refractivity contribution < 1.29 is 9.59 Å². The summed E-state index contributed by atoms with van der Waals surface area (Å²) in [6.45, 7) is 5.70. The van der Waals surface area contributed by atoms with Gasteiger partial charge in [0.15, 0.2) is 5.78 Å². The Balaban J connectivity index is 1.51. The highest BCUT2D eigenvalue weighted by Crippen LogP contribution is 2.20. The van der Waals surface area contributed by atoms with Crippen molar-refractivity contribution in [3.63, 3.8) is 0 Å². The number of amides is 1. The summed E-state index contributed by atoms with van der Waals surface area (Å²) in [5, 5.41) is 3.56. The Morgan fingerprint density at radius 2 is 1.81 bits per heavy atom. The van der Waals surface area contributed by atoms with Gasteiger partial charge in [0, 0.05) is 43.2 Å². The highest BCUT2D eigenvalue weighted by Gasteiger charge is 2.24. The van der Waals surface area contributed by atoms with Crippen LogP contribution in [0.2, 0.25) is 0 Å². The van der Waals surface area contributed by atoms with E-state index in [1.54, 1.807) is 12.1 Å². The van der Waals surface area contributed by atoms with Crippen LogP contribution in [0.5, 0.6) is 0 Å². The summed E-state index contributed by atoms with van der Waals surface area (Å²) in [5.41, 5.74) is 4.34. The standard InChI is InChI=1S/C23H28N2O2/c1-17-10-11-20(15-18(17)2)24-21-9-6-14-25(16-21)23(27)13-12-22(26)19-7-4-3-5-8-19/h3-5,7-8,10-11,15,21,24H,6,9,12-14,16H2,1-2H3/t21-/m0/s1. The molecule has 1 heterocycles. The Morgan fingerprint density at radius 1 is 1.04 bits per heavy atom. The van der Waals surface area contributed by atoms with E-state index in [-0.39, 0.29) is 30.6 Å². The van der Waals surface area contributed by atoms with Gasteiger partial charge in [-0.25, -0.2) is 0 Å². The fourth-order valence-electron chi connectivity index (χ4n) is 3.54. The minimum atomic E-state index is 0.0331. The third-order valence-electron chi connectivity index (χ3n) is 5.31. The largest absolute Gasteiger partial charge is 0.381 e. The number of nitrogens with one attached hydrogen (secondary N) is 1. The van der Waals surface area contributed by atoms with Crippen LogP contribution in [0.4, 0.5) is 5.69 Å². The van der Waals surface area contributed by atoms with Crippen molar-refractivity contribution in [2.24, 2.45) is 0 Å². The van der Waals surface area contributed by atoms with Crippen molar-refractivity contribution in [2.45, 2.75) is 45.6 Å². The summed E-state index contributed by atoms with van der Waals surface area (Å²) in [7, 11) is 0. The van der Waals surface area contributed by atoms with Crippen molar-refractivity contribution >= 4 is 17.4 Å². The van der Waals surface area contributed by atoms with Crippen LogP contribution in [0.3, 0.4) is 0 Å². The maximum Gasteiger partial charge on any atom is 0.223 e. The Kier molecular flexibility index (Phi) is 6.28. The second kappa shape index (κ2) is 8.85. The van der Waals surface area contributed by atoms with E-state index >= 15 is 0 Å². The number of hydrogen-bond acceptors (Lipinski definition) is 3. The van der Waals surface area contributed by atoms with Gasteiger partial charge >= 0.3 is 0 Å². The molecule has 1 N–H and O–H groups in total. The lowest BCUT2D eigenvalue weighted by Crippen LogP contribution is -2.45. The van der Waals surface area contributed by atoms with Crippen LogP contribution in [0.15, 0.2) is 48.5 Å². The highest BCUT2D eigenvalue weighted by atomic mass is 16.2. The van der Waals surface area contributed by atoms with E-state index in [9.17, 15) is 9.59 Å². The zero-order valence-corrected chi connectivity index (χ0v) is 16.2. The van der Waals surface area contributed by atoms with Crippen molar-refractivity contribution in [1.29, 1.82) is 0 Å². The molecule has 3 rings (SSSR count). The molecule has 1 aliphatic rings. The number of likely N-dealkylation sites (tertiary alicyclic amines) is 1. The van der Waals surface area contributed by atoms with E-state index in [1.165, 1.54) is 11.1 Å². The van der Waals surface area contributed by atoms with E-state index in [1.807, 2.05) is 23.1 Å². The van der Waals surface area contributed by atoms with Crippen LogP contribution in [0.25, 0.3) is 0 Å². The third kappa shape index (κ3) is 5.19. The zero-order chi connectivity index (χ0) is 19.2. The molecule has 142 valence electrons.